The Morgan fingerprint density at radius 3 is 3.13 bits per heavy atom. The van der Waals surface area contributed by atoms with Gasteiger partial charge < -0.3 is 10.2 Å². The Bertz CT molecular complexity index is 354. The Morgan fingerprint density at radius 1 is 1.53 bits per heavy atom. The molecule has 82 valence electrons. The average molecular weight is 206 g/mol. The number of nitrogens with zero attached hydrogens (tertiary/aromatic N) is 1. The summed E-state index contributed by atoms with van der Waals surface area (Å²) in [4.78, 5) is 2.40. The maximum Gasteiger partial charge on any atom is 0.122 e. The van der Waals surface area contributed by atoms with E-state index in [0.717, 1.165) is 37.4 Å². The minimum atomic E-state index is 0.564. The van der Waals surface area contributed by atoms with E-state index in [0.29, 0.717) is 6.54 Å². The van der Waals surface area contributed by atoms with E-state index in [-0.39, 0.29) is 0 Å². The Morgan fingerprint density at radius 2 is 2.40 bits per heavy atom. The zero-order chi connectivity index (χ0) is 10.7. The first-order valence-electron chi connectivity index (χ1n) is 5.43. The third kappa shape index (κ3) is 2.49. The molecule has 2 heterocycles. The van der Waals surface area contributed by atoms with Crippen LogP contribution < -0.4 is 5.73 Å². The van der Waals surface area contributed by atoms with E-state index < -0.39 is 0 Å². The van der Waals surface area contributed by atoms with Crippen LogP contribution in [0.15, 0.2) is 28.4 Å². The summed E-state index contributed by atoms with van der Waals surface area (Å²) in [5, 5.41) is 0. The topological polar surface area (TPSA) is 42.4 Å². The van der Waals surface area contributed by atoms with Crippen molar-refractivity contribution in [3.63, 3.8) is 0 Å². The van der Waals surface area contributed by atoms with E-state index >= 15 is 0 Å². The lowest BCUT2D eigenvalue weighted by molar-refractivity contribution is 0.256. The molecule has 0 aliphatic carbocycles. The molecule has 1 aromatic heterocycles. The molecule has 0 amide bonds. The molecule has 0 saturated carbocycles. The molecular formula is C12H18N2O. The Kier molecular flexibility index (Phi) is 3.23. The van der Waals surface area contributed by atoms with Gasteiger partial charge in [0.2, 0.25) is 0 Å². The van der Waals surface area contributed by atoms with E-state index in [2.05, 4.69) is 17.9 Å². The maximum absolute atomic E-state index is 5.64. The van der Waals surface area contributed by atoms with Crippen LogP contribution in [0.3, 0.4) is 0 Å². The minimum absolute atomic E-state index is 0.564. The molecule has 0 aromatic carbocycles. The quantitative estimate of drug-likeness (QED) is 0.768. The summed E-state index contributed by atoms with van der Waals surface area (Å²) in [6, 6.07) is 1.96. The van der Waals surface area contributed by atoms with Crippen molar-refractivity contribution in [2.75, 3.05) is 13.1 Å². The second-order valence-corrected chi connectivity index (χ2v) is 4.12. The molecule has 1 aliphatic rings. The monoisotopic (exact) mass is 206 g/mol. The van der Waals surface area contributed by atoms with Gasteiger partial charge in [0.05, 0.1) is 12.8 Å². The van der Waals surface area contributed by atoms with Gasteiger partial charge in [-0.15, -0.1) is 0 Å². The molecule has 3 heteroatoms. The van der Waals surface area contributed by atoms with Crippen LogP contribution in [-0.4, -0.2) is 18.0 Å². The third-order valence-electron chi connectivity index (χ3n) is 2.84. The lowest BCUT2D eigenvalue weighted by Gasteiger charge is -2.25. The molecule has 0 radical (unpaired) electrons. The van der Waals surface area contributed by atoms with E-state index in [1.807, 2.05) is 6.07 Å². The third-order valence-corrected chi connectivity index (χ3v) is 2.84. The SMILES string of the molecule is CC1=CCCN(Cc2occc2CN)C1. The molecule has 1 aromatic rings. The van der Waals surface area contributed by atoms with Gasteiger partial charge in [0.15, 0.2) is 0 Å². The Hall–Kier alpha value is -1.06. The zero-order valence-corrected chi connectivity index (χ0v) is 9.20. The minimum Gasteiger partial charge on any atom is -0.468 e. The number of rotatable bonds is 3. The summed E-state index contributed by atoms with van der Waals surface area (Å²) in [5.74, 6) is 1.02. The maximum atomic E-state index is 5.64. The lowest BCUT2D eigenvalue weighted by Crippen LogP contribution is -2.29. The summed E-state index contributed by atoms with van der Waals surface area (Å²) >= 11 is 0. The smallest absolute Gasteiger partial charge is 0.122 e. The van der Waals surface area contributed by atoms with Gasteiger partial charge in [-0.25, -0.2) is 0 Å². The van der Waals surface area contributed by atoms with Crippen LogP contribution in [0.25, 0.3) is 0 Å². The summed E-state index contributed by atoms with van der Waals surface area (Å²) in [6.07, 6.45) is 5.18. The van der Waals surface area contributed by atoms with Crippen LogP contribution in [0.5, 0.6) is 0 Å². The molecule has 1 aliphatic heterocycles. The largest absolute Gasteiger partial charge is 0.468 e. The predicted molar refractivity (Wildman–Crippen MR) is 60.3 cm³/mol. The molecule has 0 saturated heterocycles. The number of hydrogen-bond acceptors (Lipinski definition) is 3. The summed E-state index contributed by atoms with van der Waals surface area (Å²) in [6.45, 7) is 5.78. The van der Waals surface area contributed by atoms with Gasteiger partial charge in [0.1, 0.15) is 5.76 Å². The van der Waals surface area contributed by atoms with Crippen molar-refractivity contribution in [3.05, 3.63) is 35.3 Å². The van der Waals surface area contributed by atoms with Crippen LogP contribution in [0, 0.1) is 0 Å². The average Bonchev–Trinajstić information content (AvgIpc) is 2.65. The van der Waals surface area contributed by atoms with Crippen molar-refractivity contribution in [1.29, 1.82) is 0 Å². The molecule has 0 spiro atoms. The van der Waals surface area contributed by atoms with Gasteiger partial charge in [-0.05, 0) is 19.4 Å². The fourth-order valence-electron chi connectivity index (χ4n) is 2.02. The van der Waals surface area contributed by atoms with Gasteiger partial charge in [0, 0.05) is 25.2 Å². The first kappa shape index (κ1) is 10.5. The molecule has 2 N–H and O–H groups in total. The van der Waals surface area contributed by atoms with E-state index in [1.165, 1.54) is 5.57 Å². The van der Waals surface area contributed by atoms with Crippen LogP contribution >= 0.6 is 0 Å². The highest BCUT2D eigenvalue weighted by Gasteiger charge is 2.13. The standard InChI is InChI=1S/C12H18N2O/c1-10-3-2-5-14(8-10)9-12-11(7-13)4-6-15-12/h3-4,6H,2,5,7-9,13H2,1H3. The van der Waals surface area contributed by atoms with Crippen molar-refractivity contribution >= 4 is 0 Å². The Balaban J connectivity index is 2.00. The van der Waals surface area contributed by atoms with Crippen LogP contribution in [0.2, 0.25) is 0 Å². The Labute approximate surface area is 90.5 Å². The molecule has 0 bridgehead atoms. The number of furan rings is 1. The number of hydrogen-bond donors (Lipinski definition) is 1. The van der Waals surface area contributed by atoms with Crippen molar-refractivity contribution < 1.29 is 4.42 Å². The molecule has 2 rings (SSSR count). The van der Waals surface area contributed by atoms with Crippen LogP contribution in [-0.2, 0) is 13.1 Å². The van der Waals surface area contributed by atoms with Crippen molar-refractivity contribution in [2.45, 2.75) is 26.4 Å². The summed E-state index contributed by atoms with van der Waals surface area (Å²) < 4.78 is 5.45. The fourth-order valence-corrected chi connectivity index (χ4v) is 2.02. The van der Waals surface area contributed by atoms with Gasteiger partial charge in [-0.3, -0.25) is 4.90 Å². The summed E-state index contributed by atoms with van der Waals surface area (Å²) in [7, 11) is 0. The first-order valence-corrected chi connectivity index (χ1v) is 5.43. The van der Waals surface area contributed by atoms with E-state index in [9.17, 15) is 0 Å². The van der Waals surface area contributed by atoms with E-state index in [4.69, 9.17) is 10.2 Å². The van der Waals surface area contributed by atoms with Crippen LogP contribution in [0.1, 0.15) is 24.7 Å². The van der Waals surface area contributed by atoms with Crippen LogP contribution in [0.4, 0.5) is 0 Å². The van der Waals surface area contributed by atoms with Crippen molar-refractivity contribution in [2.24, 2.45) is 5.73 Å². The highest BCUT2D eigenvalue weighted by molar-refractivity contribution is 5.17. The highest BCUT2D eigenvalue weighted by atomic mass is 16.3. The van der Waals surface area contributed by atoms with Crippen molar-refractivity contribution in [3.8, 4) is 0 Å². The molecular weight excluding hydrogens is 188 g/mol. The first-order chi connectivity index (χ1) is 7.29. The number of nitrogens with two attached hydrogens (primary N) is 1. The highest BCUT2D eigenvalue weighted by Crippen LogP contribution is 2.16. The van der Waals surface area contributed by atoms with Gasteiger partial charge in [-0.1, -0.05) is 11.6 Å². The van der Waals surface area contributed by atoms with Gasteiger partial charge in [-0.2, -0.15) is 0 Å². The molecule has 3 nitrogen and oxygen atoms in total. The fraction of sp³-hybridized carbons (Fsp3) is 0.500. The normalized spacial score (nSPS) is 17.9. The van der Waals surface area contributed by atoms with Crippen molar-refractivity contribution in [1.82, 2.24) is 4.90 Å². The molecule has 0 atom stereocenters. The second kappa shape index (κ2) is 4.64. The van der Waals surface area contributed by atoms with Gasteiger partial charge >= 0.3 is 0 Å². The predicted octanol–water partition coefficient (Wildman–Crippen LogP) is 1.89. The molecule has 0 unspecified atom stereocenters. The zero-order valence-electron chi connectivity index (χ0n) is 9.20. The lowest BCUT2D eigenvalue weighted by atomic mass is 10.1. The molecule has 15 heavy (non-hydrogen) atoms. The summed E-state index contributed by atoms with van der Waals surface area (Å²) in [5.41, 5.74) is 8.21. The van der Waals surface area contributed by atoms with E-state index in [1.54, 1.807) is 6.26 Å². The second-order valence-electron chi connectivity index (χ2n) is 4.12. The van der Waals surface area contributed by atoms with Gasteiger partial charge in [0.25, 0.3) is 0 Å². The molecule has 0 fully saturated rings.